The zero-order valence-corrected chi connectivity index (χ0v) is 19.6. The molecule has 34 heavy (non-hydrogen) atoms. The Balaban J connectivity index is 1.44. The quantitative estimate of drug-likeness (QED) is 0.462. The molecule has 176 valence electrons. The first-order valence-electron chi connectivity index (χ1n) is 11.5. The molecule has 7 heteroatoms. The summed E-state index contributed by atoms with van der Waals surface area (Å²) < 4.78 is 0. The number of fused-ring (bicyclic) bond motifs is 1. The van der Waals surface area contributed by atoms with Crippen LogP contribution in [0.25, 0.3) is 10.8 Å². The van der Waals surface area contributed by atoms with Gasteiger partial charge in [-0.1, -0.05) is 32.0 Å². The van der Waals surface area contributed by atoms with Gasteiger partial charge in [0, 0.05) is 17.9 Å². The van der Waals surface area contributed by atoms with Crippen LogP contribution in [0.3, 0.4) is 0 Å². The second-order valence-electron chi connectivity index (χ2n) is 9.08. The van der Waals surface area contributed by atoms with Crippen LogP contribution in [-0.2, 0) is 4.79 Å². The van der Waals surface area contributed by atoms with Crippen molar-refractivity contribution in [3.63, 3.8) is 0 Å². The molecule has 1 aliphatic heterocycles. The average Bonchev–Trinajstić information content (AvgIpc) is 3.29. The Morgan fingerprint density at radius 3 is 2.32 bits per heavy atom. The van der Waals surface area contributed by atoms with Gasteiger partial charge in [0.1, 0.15) is 6.04 Å². The van der Waals surface area contributed by atoms with Gasteiger partial charge < -0.3 is 20.6 Å². The summed E-state index contributed by atoms with van der Waals surface area (Å²) in [7, 11) is 0. The number of carboxylic acid groups (broad SMARTS) is 1. The predicted molar refractivity (Wildman–Crippen MR) is 134 cm³/mol. The molecule has 1 fully saturated rings. The predicted octanol–water partition coefficient (Wildman–Crippen LogP) is 5.60. The Morgan fingerprint density at radius 1 is 0.941 bits per heavy atom. The first kappa shape index (κ1) is 23.3. The average molecular weight is 460 g/mol. The number of nitrogens with zero attached hydrogens (tertiary/aromatic N) is 1. The molecule has 7 nitrogen and oxygen atoms in total. The van der Waals surface area contributed by atoms with Crippen molar-refractivity contribution < 1.29 is 19.5 Å². The highest BCUT2D eigenvalue weighted by molar-refractivity contribution is 6.01. The second-order valence-corrected chi connectivity index (χ2v) is 9.08. The van der Waals surface area contributed by atoms with Crippen LogP contribution >= 0.6 is 0 Å². The minimum Gasteiger partial charge on any atom is -0.478 e. The normalized spacial score (nSPS) is 15.5. The number of urea groups is 1. The Morgan fingerprint density at radius 2 is 1.62 bits per heavy atom. The molecule has 0 saturated carbocycles. The molecule has 4 rings (SSSR count). The number of anilines is 2. The molecule has 0 spiro atoms. The van der Waals surface area contributed by atoms with Gasteiger partial charge in [-0.3, -0.25) is 4.79 Å². The summed E-state index contributed by atoms with van der Waals surface area (Å²) in [6, 6.07) is 15.2. The molecule has 1 heterocycles. The third-order valence-corrected chi connectivity index (χ3v) is 6.31. The summed E-state index contributed by atoms with van der Waals surface area (Å²) in [5, 5.41) is 16.6. The van der Waals surface area contributed by atoms with E-state index in [0.717, 1.165) is 22.8 Å². The van der Waals surface area contributed by atoms with Crippen molar-refractivity contribution in [1.82, 2.24) is 4.90 Å². The SMILES string of the molecule is Cc1cc(NC(=O)N2CCC[C@@H]2C(=O)Nc2ccc3cc(C(=O)O)ccc3c2)ccc1C(C)C. The molecule has 3 aromatic rings. The number of aryl methyl sites for hydroxylation is 1. The molecular formula is C27H29N3O4. The fraction of sp³-hybridized carbons (Fsp3) is 0.296. The van der Waals surface area contributed by atoms with E-state index in [0.29, 0.717) is 30.3 Å². The second kappa shape index (κ2) is 9.55. The van der Waals surface area contributed by atoms with E-state index in [-0.39, 0.29) is 17.5 Å². The molecule has 0 aromatic heterocycles. The van der Waals surface area contributed by atoms with E-state index in [1.165, 1.54) is 11.6 Å². The van der Waals surface area contributed by atoms with Gasteiger partial charge >= 0.3 is 12.0 Å². The molecule has 1 atom stereocenters. The highest BCUT2D eigenvalue weighted by Crippen LogP contribution is 2.25. The van der Waals surface area contributed by atoms with Crippen LogP contribution in [0, 0.1) is 6.92 Å². The van der Waals surface area contributed by atoms with E-state index in [1.807, 2.05) is 25.1 Å². The smallest absolute Gasteiger partial charge is 0.335 e. The number of carbonyl (C=O) groups is 3. The summed E-state index contributed by atoms with van der Waals surface area (Å²) in [6.07, 6.45) is 1.35. The molecule has 0 bridgehead atoms. The van der Waals surface area contributed by atoms with Crippen molar-refractivity contribution in [3.05, 3.63) is 71.3 Å². The number of hydrogen-bond acceptors (Lipinski definition) is 3. The van der Waals surface area contributed by atoms with E-state index in [9.17, 15) is 14.4 Å². The van der Waals surface area contributed by atoms with Gasteiger partial charge in [-0.05, 0) is 84.0 Å². The van der Waals surface area contributed by atoms with Crippen LogP contribution in [-0.4, -0.2) is 40.5 Å². The first-order valence-corrected chi connectivity index (χ1v) is 11.5. The lowest BCUT2D eigenvalue weighted by atomic mass is 9.98. The Bertz CT molecular complexity index is 1270. The molecule has 0 aliphatic carbocycles. The largest absolute Gasteiger partial charge is 0.478 e. The number of benzene rings is 3. The Hall–Kier alpha value is -3.87. The lowest BCUT2D eigenvalue weighted by Gasteiger charge is -2.24. The van der Waals surface area contributed by atoms with Gasteiger partial charge in [0.25, 0.3) is 0 Å². The lowest BCUT2D eigenvalue weighted by molar-refractivity contribution is -0.119. The van der Waals surface area contributed by atoms with Crippen molar-refractivity contribution >= 4 is 40.1 Å². The van der Waals surface area contributed by atoms with Crippen molar-refractivity contribution in [2.45, 2.75) is 45.6 Å². The van der Waals surface area contributed by atoms with Gasteiger partial charge in [-0.15, -0.1) is 0 Å². The van der Waals surface area contributed by atoms with Gasteiger partial charge in [0.2, 0.25) is 5.91 Å². The van der Waals surface area contributed by atoms with Crippen LogP contribution in [0.2, 0.25) is 0 Å². The van der Waals surface area contributed by atoms with Crippen LogP contribution in [0.1, 0.15) is 54.1 Å². The summed E-state index contributed by atoms with van der Waals surface area (Å²) in [5.41, 5.74) is 3.90. The number of carboxylic acids is 1. The summed E-state index contributed by atoms with van der Waals surface area (Å²) in [4.78, 5) is 38.7. The molecular weight excluding hydrogens is 430 g/mol. The van der Waals surface area contributed by atoms with Crippen LogP contribution in [0.15, 0.2) is 54.6 Å². The fourth-order valence-electron chi connectivity index (χ4n) is 4.56. The monoisotopic (exact) mass is 459 g/mol. The van der Waals surface area contributed by atoms with Crippen molar-refractivity contribution in [1.29, 1.82) is 0 Å². The highest BCUT2D eigenvalue weighted by atomic mass is 16.4. The molecule has 1 aliphatic rings. The number of likely N-dealkylation sites (tertiary alicyclic amines) is 1. The summed E-state index contributed by atoms with van der Waals surface area (Å²) in [5.74, 6) is -0.809. The Kier molecular flexibility index (Phi) is 6.54. The minimum atomic E-state index is -0.982. The van der Waals surface area contributed by atoms with Gasteiger partial charge in [-0.2, -0.15) is 0 Å². The number of amides is 3. The lowest BCUT2D eigenvalue weighted by Crippen LogP contribution is -2.45. The topological polar surface area (TPSA) is 98.7 Å². The Labute approximate surface area is 198 Å². The van der Waals surface area contributed by atoms with Crippen molar-refractivity contribution in [3.8, 4) is 0 Å². The maximum atomic E-state index is 13.0. The number of carbonyl (C=O) groups excluding carboxylic acids is 2. The molecule has 0 radical (unpaired) electrons. The molecule has 3 aromatic carbocycles. The summed E-state index contributed by atoms with van der Waals surface area (Å²) >= 11 is 0. The van der Waals surface area contributed by atoms with Crippen molar-refractivity contribution in [2.75, 3.05) is 17.2 Å². The minimum absolute atomic E-state index is 0.214. The number of nitrogens with one attached hydrogen (secondary N) is 2. The molecule has 3 N–H and O–H groups in total. The highest BCUT2D eigenvalue weighted by Gasteiger charge is 2.34. The fourth-order valence-corrected chi connectivity index (χ4v) is 4.56. The van der Waals surface area contributed by atoms with Crippen LogP contribution in [0.5, 0.6) is 0 Å². The number of rotatable bonds is 5. The van der Waals surface area contributed by atoms with E-state index in [1.54, 1.807) is 35.2 Å². The standard InChI is InChI=1S/C27H29N3O4/c1-16(2)23-11-10-21(13-17(23)3)29-27(34)30-12-4-5-24(30)25(31)28-22-9-8-18-14-20(26(32)33)7-6-19(18)15-22/h6-11,13-16,24H,4-5,12H2,1-3H3,(H,28,31)(H,29,34)(H,32,33)/t24-/m1/s1. The van der Waals surface area contributed by atoms with Crippen LogP contribution < -0.4 is 10.6 Å². The zero-order valence-electron chi connectivity index (χ0n) is 19.6. The number of hydrogen-bond donors (Lipinski definition) is 3. The maximum absolute atomic E-state index is 13.0. The number of aromatic carboxylic acids is 1. The third-order valence-electron chi connectivity index (χ3n) is 6.31. The molecule has 3 amide bonds. The van der Waals surface area contributed by atoms with E-state index in [4.69, 9.17) is 5.11 Å². The van der Waals surface area contributed by atoms with E-state index in [2.05, 4.69) is 24.5 Å². The maximum Gasteiger partial charge on any atom is 0.335 e. The van der Waals surface area contributed by atoms with E-state index < -0.39 is 12.0 Å². The third kappa shape index (κ3) is 4.88. The van der Waals surface area contributed by atoms with Gasteiger partial charge in [-0.25, -0.2) is 9.59 Å². The van der Waals surface area contributed by atoms with E-state index >= 15 is 0 Å². The molecule has 0 unspecified atom stereocenters. The van der Waals surface area contributed by atoms with Crippen molar-refractivity contribution in [2.24, 2.45) is 0 Å². The van der Waals surface area contributed by atoms with Crippen LogP contribution in [0.4, 0.5) is 16.2 Å². The summed E-state index contributed by atoms with van der Waals surface area (Å²) in [6.45, 7) is 6.82. The molecule has 1 saturated heterocycles. The van der Waals surface area contributed by atoms with Gasteiger partial charge in [0.05, 0.1) is 5.56 Å². The van der Waals surface area contributed by atoms with Gasteiger partial charge in [0.15, 0.2) is 0 Å². The first-order chi connectivity index (χ1) is 16.2. The zero-order chi connectivity index (χ0) is 24.4.